The van der Waals surface area contributed by atoms with E-state index in [0.717, 1.165) is 36.9 Å². The molecule has 0 amide bonds. The maximum atomic E-state index is 5.96. The average Bonchev–Trinajstić information content (AvgIpc) is 2.71. The van der Waals surface area contributed by atoms with E-state index in [9.17, 15) is 0 Å². The number of ether oxygens (including phenoxy) is 1. The van der Waals surface area contributed by atoms with Crippen LogP contribution >= 0.6 is 0 Å². The molecule has 0 aromatic heterocycles. The van der Waals surface area contributed by atoms with Crippen LogP contribution in [0.5, 0.6) is 0 Å². The predicted molar refractivity (Wildman–Crippen MR) is 119 cm³/mol. The van der Waals surface area contributed by atoms with E-state index < -0.39 is 0 Å². The highest BCUT2D eigenvalue weighted by Gasteiger charge is 2.21. The van der Waals surface area contributed by atoms with Gasteiger partial charge >= 0.3 is 0 Å². The summed E-state index contributed by atoms with van der Waals surface area (Å²) in [6, 6.07) is 0. The first-order valence-corrected chi connectivity index (χ1v) is 12.9. The highest BCUT2D eigenvalue weighted by Crippen LogP contribution is 2.35. The summed E-state index contributed by atoms with van der Waals surface area (Å²) in [6.45, 7) is 6.68. The fourth-order valence-electron chi connectivity index (χ4n) is 5.65. The van der Waals surface area contributed by atoms with Crippen LogP contribution in [0.3, 0.4) is 0 Å². The molecule has 2 fully saturated rings. The van der Waals surface area contributed by atoms with Crippen LogP contribution in [0.1, 0.15) is 129 Å². The van der Waals surface area contributed by atoms with Crippen LogP contribution in [0.2, 0.25) is 0 Å². The quantitative estimate of drug-likeness (QED) is 0.275. The van der Waals surface area contributed by atoms with Crippen LogP contribution in [0, 0.1) is 23.7 Å². The molecule has 0 saturated heterocycles. The third-order valence-electron chi connectivity index (χ3n) is 7.67. The van der Waals surface area contributed by atoms with Crippen molar-refractivity contribution in [1.82, 2.24) is 0 Å². The van der Waals surface area contributed by atoms with E-state index in [2.05, 4.69) is 13.8 Å². The largest absolute Gasteiger partial charge is 0.381 e. The zero-order valence-corrected chi connectivity index (χ0v) is 18.9. The molecule has 0 unspecified atom stereocenters. The minimum absolute atomic E-state index is 1.01. The van der Waals surface area contributed by atoms with Crippen molar-refractivity contribution in [3.05, 3.63) is 0 Å². The van der Waals surface area contributed by atoms with Gasteiger partial charge in [-0.2, -0.15) is 0 Å². The van der Waals surface area contributed by atoms with Gasteiger partial charge in [0.05, 0.1) is 0 Å². The van der Waals surface area contributed by atoms with E-state index in [0.29, 0.717) is 0 Å². The Hall–Kier alpha value is -0.0400. The summed E-state index contributed by atoms with van der Waals surface area (Å²) in [4.78, 5) is 0. The van der Waals surface area contributed by atoms with Gasteiger partial charge in [0, 0.05) is 13.2 Å². The second-order valence-corrected chi connectivity index (χ2v) is 9.95. The third-order valence-corrected chi connectivity index (χ3v) is 7.67. The van der Waals surface area contributed by atoms with Crippen molar-refractivity contribution in [2.75, 3.05) is 13.2 Å². The van der Waals surface area contributed by atoms with Gasteiger partial charge in [-0.1, -0.05) is 104 Å². The third kappa shape index (κ3) is 10.3. The van der Waals surface area contributed by atoms with Crippen molar-refractivity contribution in [2.24, 2.45) is 23.7 Å². The Labute approximate surface area is 171 Å². The summed E-state index contributed by atoms with van der Waals surface area (Å²) in [6.07, 6.45) is 26.1. The lowest BCUT2D eigenvalue weighted by atomic mass is 9.78. The molecule has 0 bridgehead atoms. The first-order valence-electron chi connectivity index (χ1n) is 12.9. The molecule has 2 rings (SSSR count). The number of rotatable bonds is 14. The maximum Gasteiger partial charge on any atom is 0.0466 e. The Balaban J connectivity index is 1.36. The lowest BCUT2D eigenvalue weighted by Crippen LogP contribution is -2.15. The smallest absolute Gasteiger partial charge is 0.0466 e. The molecule has 0 atom stereocenters. The SMILES string of the molecule is CCCCC1CCC(CCCOCCCC2CCC(CCCC)CC2)CC1. The first-order chi connectivity index (χ1) is 13.3. The zero-order chi connectivity index (χ0) is 19.2. The second kappa shape index (κ2) is 14.9. The molecule has 0 aromatic rings. The van der Waals surface area contributed by atoms with Crippen molar-refractivity contribution in [2.45, 2.75) is 129 Å². The van der Waals surface area contributed by atoms with Gasteiger partial charge < -0.3 is 4.74 Å². The van der Waals surface area contributed by atoms with Gasteiger partial charge in [-0.25, -0.2) is 0 Å². The summed E-state index contributed by atoms with van der Waals surface area (Å²) in [5, 5.41) is 0. The van der Waals surface area contributed by atoms with Gasteiger partial charge in [0.2, 0.25) is 0 Å². The molecular weight excluding hydrogens is 328 g/mol. The Morgan fingerprint density at radius 3 is 1.07 bits per heavy atom. The van der Waals surface area contributed by atoms with E-state index in [1.54, 1.807) is 0 Å². The average molecular weight is 379 g/mol. The van der Waals surface area contributed by atoms with Gasteiger partial charge in [-0.3, -0.25) is 0 Å². The van der Waals surface area contributed by atoms with Gasteiger partial charge in [0.15, 0.2) is 0 Å². The van der Waals surface area contributed by atoms with Crippen molar-refractivity contribution in [3.63, 3.8) is 0 Å². The van der Waals surface area contributed by atoms with Crippen LogP contribution in [0.15, 0.2) is 0 Å². The first kappa shape index (κ1) is 23.2. The topological polar surface area (TPSA) is 9.23 Å². The predicted octanol–water partition coefficient (Wildman–Crippen LogP) is 8.56. The fraction of sp³-hybridized carbons (Fsp3) is 1.00. The van der Waals surface area contributed by atoms with E-state index in [1.165, 1.54) is 116 Å². The Kier molecular flexibility index (Phi) is 12.8. The van der Waals surface area contributed by atoms with Gasteiger partial charge in [0.1, 0.15) is 0 Å². The molecule has 1 heteroatoms. The van der Waals surface area contributed by atoms with Crippen LogP contribution in [0.4, 0.5) is 0 Å². The molecule has 160 valence electrons. The van der Waals surface area contributed by atoms with E-state index in [4.69, 9.17) is 4.74 Å². The van der Waals surface area contributed by atoms with Crippen LogP contribution < -0.4 is 0 Å². The van der Waals surface area contributed by atoms with Gasteiger partial charge in [-0.05, 0) is 49.4 Å². The fourth-order valence-corrected chi connectivity index (χ4v) is 5.65. The molecule has 0 radical (unpaired) electrons. The molecule has 27 heavy (non-hydrogen) atoms. The minimum atomic E-state index is 1.01. The summed E-state index contributed by atoms with van der Waals surface area (Å²) in [5.74, 6) is 4.13. The van der Waals surface area contributed by atoms with Crippen molar-refractivity contribution in [3.8, 4) is 0 Å². The molecule has 0 spiro atoms. The van der Waals surface area contributed by atoms with Gasteiger partial charge in [0.25, 0.3) is 0 Å². The lowest BCUT2D eigenvalue weighted by Gasteiger charge is -2.28. The molecule has 0 N–H and O–H groups in total. The Morgan fingerprint density at radius 1 is 0.481 bits per heavy atom. The van der Waals surface area contributed by atoms with Gasteiger partial charge in [-0.15, -0.1) is 0 Å². The number of unbranched alkanes of at least 4 members (excludes halogenated alkanes) is 2. The van der Waals surface area contributed by atoms with E-state index >= 15 is 0 Å². The molecule has 0 heterocycles. The molecule has 2 saturated carbocycles. The molecule has 1 nitrogen and oxygen atoms in total. The molecule has 0 aliphatic heterocycles. The summed E-state index contributed by atoms with van der Waals surface area (Å²) < 4.78 is 5.96. The Bertz CT molecular complexity index is 291. The summed E-state index contributed by atoms with van der Waals surface area (Å²) in [7, 11) is 0. The molecule has 2 aliphatic carbocycles. The highest BCUT2D eigenvalue weighted by atomic mass is 16.5. The van der Waals surface area contributed by atoms with Crippen molar-refractivity contribution >= 4 is 0 Å². The number of hydrogen-bond acceptors (Lipinski definition) is 1. The Morgan fingerprint density at radius 2 is 0.778 bits per heavy atom. The molecular formula is C26H50O. The highest BCUT2D eigenvalue weighted by molar-refractivity contribution is 4.73. The van der Waals surface area contributed by atoms with Crippen molar-refractivity contribution in [1.29, 1.82) is 0 Å². The molecule has 0 aromatic carbocycles. The summed E-state index contributed by atoms with van der Waals surface area (Å²) in [5.41, 5.74) is 0. The van der Waals surface area contributed by atoms with Crippen LogP contribution in [-0.2, 0) is 4.74 Å². The number of hydrogen-bond donors (Lipinski definition) is 0. The summed E-state index contributed by atoms with van der Waals surface area (Å²) >= 11 is 0. The lowest BCUT2D eigenvalue weighted by molar-refractivity contribution is 0.113. The second-order valence-electron chi connectivity index (χ2n) is 9.95. The minimum Gasteiger partial charge on any atom is -0.381 e. The van der Waals surface area contributed by atoms with Crippen molar-refractivity contribution < 1.29 is 4.74 Å². The zero-order valence-electron chi connectivity index (χ0n) is 18.9. The maximum absolute atomic E-state index is 5.96. The normalized spacial score (nSPS) is 29.1. The van der Waals surface area contributed by atoms with E-state index in [1.807, 2.05) is 0 Å². The monoisotopic (exact) mass is 378 g/mol. The van der Waals surface area contributed by atoms with Crippen LogP contribution in [0.25, 0.3) is 0 Å². The van der Waals surface area contributed by atoms with E-state index in [-0.39, 0.29) is 0 Å². The van der Waals surface area contributed by atoms with Crippen LogP contribution in [-0.4, -0.2) is 13.2 Å². The molecule has 2 aliphatic rings. The standard InChI is InChI=1S/C26H50O/c1-3-5-9-23-13-17-25(18-14-23)11-7-21-27-22-8-12-26-19-15-24(16-20-26)10-6-4-2/h23-26H,3-22H2,1-2H3.